The molecule has 1 N–H and O–H groups in total. The zero-order valence-corrected chi connectivity index (χ0v) is 11.4. The monoisotopic (exact) mass is 277 g/mol. The zero-order chi connectivity index (χ0) is 14.4. The first-order valence-corrected chi connectivity index (χ1v) is 6.90. The van der Waals surface area contributed by atoms with Gasteiger partial charge in [-0.25, -0.2) is 0 Å². The van der Waals surface area contributed by atoms with Crippen molar-refractivity contribution in [2.45, 2.75) is 19.3 Å². The van der Waals surface area contributed by atoms with E-state index in [9.17, 15) is 14.9 Å². The molecule has 0 spiro atoms. The maximum absolute atomic E-state index is 11.0. The van der Waals surface area contributed by atoms with E-state index in [4.69, 9.17) is 0 Å². The van der Waals surface area contributed by atoms with Gasteiger partial charge in [-0.1, -0.05) is 0 Å². The summed E-state index contributed by atoms with van der Waals surface area (Å²) >= 11 is 0. The summed E-state index contributed by atoms with van der Waals surface area (Å²) in [5, 5.41) is 14.1. The molecule has 1 aliphatic rings. The van der Waals surface area contributed by atoms with E-state index < -0.39 is 4.92 Å². The van der Waals surface area contributed by atoms with E-state index in [1.807, 2.05) is 0 Å². The van der Waals surface area contributed by atoms with Gasteiger partial charge in [-0.3, -0.25) is 14.9 Å². The fraction of sp³-hybridized carbons (Fsp3) is 0.500. The van der Waals surface area contributed by atoms with Gasteiger partial charge in [0.05, 0.1) is 4.92 Å². The van der Waals surface area contributed by atoms with E-state index in [1.165, 1.54) is 18.9 Å². The minimum Gasteiger partial charge on any atom is -0.379 e. The second kappa shape index (κ2) is 7.00. The van der Waals surface area contributed by atoms with E-state index in [0.29, 0.717) is 24.1 Å². The van der Waals surface area contributed by atoms with Gasteiger partial charge in [0.2, 0.25) is 0 Å². The number of nitro benzene ring substituents is 1. The molecule has 0 bridgehead atoms. The molecule has 2 rings (SSSR count). The van der Waals surface area contributed by atoms with Gasteiger partial charge in [-0.05, 0) is 51.0 Å². The number of hydrogen-bond acceptors (Lipinski definition) is 5. The van der Waals surface area contributed by atoms with Crippen LogP contribution in [0, 0.1) is 10.1 Å². The van der Waals surface area contributed by atoms with Crippen molar-refractivity contribution in [3.63, 3.8) is 0 Å². The Bertz CT molecular complexity index is 485. The number of rotatable bonds is 7. The van der Waals surface area contributed by atoms with E-state index in [2.05, 4.69) is 10.2 Å². The Kier molecular flexibility index (Phi) is 5.06. The Morgan fingerprint density at radius 1 is 1.35 bits per heavy atom. The lowest BCUT2D eigenvalue weighted by molar-refractivity contribution is -0.384. The Balaban J connectivity index is 1.87. The molecule has 0 amide bonds. The summed E-state index contributed by atoms with van der Waals surface area (Å²) in [6.45, 7) is 4.04. The number of anilines is 1. The zero-order valence-electron chi connectivity index (χ0n) is 11.4. The van der Waals surface area contributed by atoms with E-state index in [0.717, 1.165) is 26.1 Å². The number of nitrogens with zero attached hydrogens (tertiary/aromatic N) is 2. The number of nitrogens with one attached hydrogen (secondary N) is 1. The average Bonchev–Trinajstić information content (AvgIpc) is 2.96. The summed E-state index contributed by atoms with van der Waals surface area (Å²) in [5.74, 6) is 0. The van der Waals surface area contributed by atoms with Crippen LogP contribution in [0.5, 0.6) is 0 Å². The van der Waals surface area contributed by atoms with Crippen LogP contribution < -0.4 is 5.32 Å². The third kappa shape index (κ3) is 3.77. The van der Waals surface area contributed by atoms with Gasteiger partial charge in [-0.15, -0.1) is 0 Å². The maximum Gasteiger partial charge on any atom is 0.293 e. The molecule has 0 unspecified atom stereocenters. The molecule has 0 atom stereocenters. The van der Waals surface area contributed by atoms with Crippen LogP contribution in [0.15, 0.2) is 18.2 Å². The van der Waals surface area contributed by atoms with Crippen molar-refractivity contribution in [3.05, 3.63) is 33.9 Å². The molecule has 0 saturated carbocycles. The minimum absolute atomic E-state index is 0.0456. The van der Waals surface area contributed by atoms with Crippen LogP contribution in [0.3, 0.4) is 0 Å². The van der Waals surface area contributed by atoms with E-state index >= 15 is 0 Å². The summed E-state index contributed by atoms with van der Waals surface area (Å²) in [5.41, 5.74) is 0.747. The van der Waals surface area contributed by atoms with Crippen molar-refractivity contribution in [2.75, 3.05) is 31.5 Å². The summed E-state index contributed by atoms with van der Waals surface area (Å²) in [7, 11) is 0. The fourth-order valence-corrected chi connectivity index (χ4v) is 2.45. The molecule has 1 heterocycles. The van der Waals surface area contributed by atoms with Crippen LogP contribution in [0.25, 0.3) is 0 Å². The molecule has 1 saturated heterocycles. The topological polar surface area (TPSA) is 75.5 Å². The van der Waals surface area contributed by atoms with Crippen LogP contribution in [-0.2, 0) is 0 Å². The minimum atomic E-state index is -0.462. The third-order valence-corrected chi connectivity index (χ3v) is 3.52. The van der Waals surface area contributed by atoms with E-state index in [-0.39, 0.29) is 5.69 Å². The Labute approximate surface area is 117 Å². The molecule has 1 aromatic carbocycles. The van der Waals surface area contributed by atoms with Gasteiger partial charge in [-0.2, -0.15) is 0 Å². The number of nitro groups is 1. The molecule has 1 fully saturated rings. The molecule has 108 valence electrons. The number of carbonyl (C=O) groups is 1. The van der Waals surface area contributed by atoms with Gasteiger partial charge < -0.3 is 10.2 Å². The average molecular weight is 277 g/mol. The Hall–Kier alpha value is -1.95. The molecule has 0 aliphatic carbocycles. The summed E-state index contributed by atoms with van der Waals surface area (Å²) in [6, 6.07) is 4.48. The lowest BCUT2D eigenvalue weighted by Crippen LogP contribution is -2.22. The quantitative estimate of drug-likeness (QED) is 0.358. The van der Waals surface area contributed by atoms with Gasteiger partial charge >= 0.3 is 0 Å². The molecule has 20 heavy (non-hydrogen) atoms. The standard InChI is InChI=1S/C14H19N3O3/c18-11-12-4-5-13(14(10-12)17(19)20)15-6-3-9-16-7-1-2-8-16/h4-5,10-11,15H,1-3,6-9H2. The lowest BCUT2D eigenvalue weighted by atomic mass is 10.2. The van der Waals surface area contributed by atoms with Crippen molar-refractivity contribution in [2.24, 2.45) is 0 Å². The number of carbonyl (C=O) groups excluding carboxylic acids is 1. The highest BCUT2D eigenvalue weighted by Crippen LogP contribution is 2.24. The SMILES string of the molecule is O=Cc1ccc(NCCCN2CCCC2)c([N+](=O)[O-])c1. The highest BCUT2D eigenvalue weighted by molar-refractivity contribution is 5.79. The van der Waals surface area contributed by atoms with Gasteiger partial charge in [0.25, 0.3) is 5.69 Å². The fourth-order valence-electron chi connectivity index (χ4n) is 2.45. The molecular weight excluding hydrogens is 258 g/mol. The van der Waals surface area contributed by atoms with Crippen LogP contribution >= 0.6 is 0 Å². The highest BCUT2D eigenvalue weighted by Gasteiger charge is 2.14. The number of likely N-dealkylation sites (tertiary alicyclic amines) is 1. The van der Waals surface area contributed by atoms with E-state index in [1.54, 1.807) is 12.1 Å². The van der Waals surface area contributed by atoms with Gasteiger partial charge in [0, 0.05) is 18.2 Å². The highest BCUT2D eigenvalue weighted by atomic mass is 16.6. The van der Waals surface area contributed by atoms with Crippen molar-refractivity contribution >= 4 is 17.7 Å². The molecule has 6 heteroatoms. The molecule has 0 aromatic heterocycles. The number of hydrogen-bond donors (Lipinski definition) is 1. The van der Waals surface area contributed by atoms with Crippen LogP contribution in [0.4, 0.5) is 11.4 Å². The van der Waals surface area contributed by atoms with Gasteiger partial charge in [0.1, 0.15) is 12.0 Å². The first-order chi connectivity index (χ1) is 9.70. The van der Waals surface area contributed by atoms with Crippen LogP contribution in [-0.4, -0.2) is 42.3 Å². The van der Waals surface area contributed by atoms with Crippen LogP contribution in [0.2, 0.25) is 0 Å². The van der Waals surface area contributed by atoms with Gasteiger partial charge in [0.15, 0.2) is 0 Å². The molecule has 0 radical (unpaired) electrons. The Morgan fingerprint density at radius 3 is 2.75 bits per heavy atom. The second-order valence-corrected chi connectivity index (χ2v) is 4.98. The predicted octanol–water partition coefficient (Wildman–Crippen LogP) is 2.31. The molecule has 1 aliphatic heterocycles. The van der Waals surface area contributed by atoms with Crippen molar-refractivity contribution in [3.8, 4) is 0 Å². The summed E-state index contributed by atoms with van der Waals surface area (Å²) in [4.78, 5) is 23.6. The van der Waals surface area contributed by atoms with Crippen LogP contribution in [0.1, 0.15) is 29.6 Å². The normalized spacial score (nSPS) is 15.2. The third-order valence-electron chi connectivity index (χ3n) is 3.52. The maximum atomic E-state index is 11.0. The molecular formula is C14H19N3O3. The smallest absolute Gasteiger partial charge is 0.293 e. The van der Waals surface area contributed by atoms with Crippen molar-refractivity contribution < 1.29 is 9.72 Å². The largest absolute Gasteiger partial charge is 0.379 e. The Morgan fingerprint density at radius 2 is 2.10 bits per heavy atom. The number of benzene rings is 1. The predicted molar refractivity (Wildman–Crippen MR) is 77.3 cm³/mol. The number of aldehydes is 1. The molecule has 1 aromatic rings. The molecule has 6 nitrogen and oxygen atoms in total. The lowest BCUT2D eigenvalue weighted by Gasteiger charge is -2.14. The second-order valence-electron chi connectivity index (χ2n) is 4.98. The summed E-state index contributed by atoms with van der Waals surface area (Å²) < 4.78 is 0. The first-order valence-electron chi connectivity index (χ1n) is 6.90. The first kappa shape index (κ1) is 14.5. The van der Waals surface area contributed by atoms with Crippen molar-refractivity contribution in [1.29, 1.82) is 0 Å². The summed E-state index contributed by atoms with van der Waals surface area (Å²) in [6.07, 6.45) is 4.11. The van der Waals surface area contributed by atoms with Crippen molar-refractivity contribution in [1.82, 2.24) is 4.90 Å².